The number of carbonyl (C=O) groups is 2. The molecule has 0 fully saturated rings. The first-order chi connectivity index (χ1) is 16.8. The molecule has 0 spiro atoms. The molecule has 35 heavy (non-hydrogen) atoms. The molecule has 0 saturated carbocycles. The second-order valence-corrected chi connectivity index (χ2v) is 9.49. The lowest BCUT2D eigenvalue weighted by Crippen LogP contribution is -2.11. The van der Waals surface area contributed by atoms with E-state index in [-0.39, 0.29) is 18.3 Å². The van der Waals surface area contributed by atoms with E-state index in [1.165, 1.54) is 0 Å². The van der Waals surface area contributed by atoms with E-state index in [9.17, 15) is 9.59 Å². The number of nitrogen functional groups attached to an aromatic ring is 2. The topological polar surface area (TPSA) is 100 Å². The number of hydrogen-bond acceptors (Lipinski definition) is 6. The minimum Gasteiger partial charge on any atom is -0.466 e. The van der Waals surface area contributed by atoms with E-state index >= 15 is 0 Å². The van der Waals surface area contributed by atoms with Crippen molar-refractivity contribution < 1.29 is 14.3 Å². The fourth-order valence-electron chi connectivity index (χ4n) is 4.43. The van der Waals surface area contributed by atoms with Gasteiger partial charge in [0, 0.05) is 38.4 Å². The first kappa shape index (κ1) is 22.7. The zero-order chi connectivity index (χ0) is 24.7. The third-order valence-corrected chi connectivity index (χ3v) is 6.98. The van der Waals surface area contributed by atoms with Crippen LogP contribution in [0.2, 0.25) is 0 Å². The molecule has 0 aliphatic heterocycles. The van der Waals surface area contributed by atoms with E-state index in [4.69, 9.17) is 16.2 Å². The van der Waals surface area contributed by atoms with Crippen LogP contribution in [0.5, 0.6) is 0 Å². The van der Waals surface area contributed by atoms with Crippen LogP contribution < -0.4 is 11.5 Å². The Morgan fingerprint density at radius 3 is 2.46 bits per heavy atom. The van der Waals surface area contributed by atoms with Crippen LogP contribution in [0.1, 0.15) is 28.4 Å². The summed E-state index contributed by atoms with van der Waals surface area (Å²) in [4.78, 5) is 26.1. The van der Waals surface area contributed by atoms with Gasteiger partial charge in [0.25, 0.3) is 5.91 Å². The van der Waals surface area contributed by atoms with Crippen LogP contribution in [0.15, 0.2) is 66.2 Å². The molecule has 0 radical (unpaired) electrons. The number of nitrogens with two attached hydrogens (primary N) is 2. The SMILES string of the molecule is CCOC(=O)Cc1cn(C(=O)c2csc3ccc(C)cc23)c2cc(-c3cc(N)cc(N)c3)ccc12. The van der Waals surface area contributed by atoms with E-state index in [2.05, 4.69) is 0 Å². The summed E-state index contributed by atoms with van der Waals surface area (Å²) in [6.45, 7) is 4.09. The van der Waals surface area contributed by atoms with Gasteiger partial charge in [-0.2, -0.15) is 0 Å². The highest BCUT2D eigenvalue weighted by Crippen LogP contribution is 2.33. The summed E-state index contributed by atoms with van der Waals surface area (Å²) in [5, 5.41) is 3.64. The van der Waals surface area contributed by atoms with Crippen LogP contribution in [-0.4, -0.2) is 23.1 Å². The molecule has 3 aromatic carbocycles. The molecule has 5 aromatic rings. The Hall–Kier alpha value is -4.10. The van der Waals surface area contributed by atoms with E-state index in [1.54, 1.807) is 35.1 Å². The van der Waals surface area contributed by atoms with Gasteiger partial charge in [-0.25, -0.2) is 0 Å². The Kier molecular flexibility index (Phi) is 5.78. The highest BCUT2D eigenvalue weighted by Gasteiger charge is 2.21. The number of hydrogen-bond donors (Lipinski definition) is 2. The lowest BCUT2D eigenvalue weighted by Gasteiger charge is -2.08. The minimum atomic E-state index is -0.330. The Bertz CT molecular complexity index is 1590. The second kappa shape index (κ2) is 8.92. The molecule has 2 aromatic heterocycles. The summed E-state index contributed by atoms with van der Waals surface area (Å²) in [5.41, 5.74) is 18.1. The van der Waals surface area contributed by atoms with Crippen molar-refractivity contribution in [3.8, 4) is 11.1 Å². The van der Waals surface area contributed by atoms with Crippen LogP contribution >= 0.6 is 11.3 Å². The van der Waals surface area contributed by atoms with Gasteiger partial charge in [-0.15, -0.1) is 11.3 Å². The maximum Gasteiger partial charge on any atom is 0.310 e. The van der Waals surface area contributed by atoms with Gasteiger partial charge < -0.3 is 16.2 Å². The van der Waals surface area contributed by atoms with Gasteiger partial charge in [-0.05, 0) is 66.9 Å². The third-order valence-electron chi connectivity index (χ3n) is 6.02. The summed E-state index contributed by atoms with van der Waals surface area (Å²) in [6.07, 6.45) is 1.83. The summed E-state index contributed by atoms with van der Waals surface area (Å²) < 4.78 is 7.85. The predicted octanol–water partition coefficient (Wildman–Crippen LogP) is 5.79. The van der Waals surface area contributed by atoms with E-state index < -0.39 is 0 Å². The van der Waals surface area contributed by atoms with Crippen LogP contribution in [0.25, 0.3) is 32.1 Å². The molecule has 4 N–H and O–H groups in total. The second-order valence-electron chi connectivity index (χ2n) is 8.58. The molecule has 0 atom stereocenters. The van der Waals surface area contributed by atoms with E-state index in [0.29, 0.717) is 29.1 Å². The number of fused-ring (bicyclic) bond motifs is 2. The molecular formula is C28H25N3O3S. The van der Waals surface area contributed by atoms with Gasteiger partial charge >= 0.3 is 5.97 Å². The molecule has 2 heterocycles. The van der Waals surface area contributed by atoms with Crippen LogP contribution in [0, 0.1) is 6.92 Å². The van der Waals surface area contributed by atoms with Crippen LogP contribution in [0.3, 0.4) is 0 Å². The number of thiophene rings is 1. The van der Waals surface area contributed by atoms with Crippen molar-refractivity contribution in [3.63, 3.8) is 0 Å². The zero-order valence-corrected chi connectivity index (χ0v) is 20.3. The highest BCUT2D eigenvalue weighted by atomic mass is 32.1. The molecule has 0 aliphatic carbocycles. The average molecular weight is 484 g/mol. The molecule has 0 amide bonds. The zero-order valence-electron chi connectivity index (χ0n) is 19.5. The number of nitrogens with zero attached hydrogens (tertiary/aromatic N) is 1. The summed E-state index contributed by atoms with van der Waals surface area (Å²) in [5.74, 6) is -0.477. The Labute approximate surface area is 206 Å². The van der Waals surface area contributed by atoms with Crippen molar-refractivity contribution in [2.45, 2.75) is 20.3 Å². The van der Waals surface area contributed by atoms with Gasteiger partial charge in [0.1, 0.15) is 0 Å². The molecule has 0 saturated heterocycles. The highest BCUT2D eigenvalue weighted by molar-refractivity contribution is 7.17. The molecule has 5 rings (SSSR count). The smallest absolute Gasteiger partial charge is 0.310 e. The van der Waals surface area contributed by atoms with E-state index in [1.807, 2.05) is 60.8 Å². The maximum absolute atomic E-state index is 13.8. The Balaban J connectivity index is 1.68. The molecule has 6 nitrogen and oxygen atoms in total. The minimum absolute atomic E-state index is 0.0820. The summed E-state index contributed by atoms with van der Waals surface area (Å²) in [6, 6.07) is 17.3. The predicted molar refractivity (Wildman–Crippen MR) is 143 cm³/mol. The number of benzene rings is 3. The normalized spacial score (nSPS) is 11.3. The number of esters is 1. The molecule has 7 heteroatoms. The standard InChI is InChI=1S/C28H25N3O3S/c1-3-34-27(32)12-19-14-31(28(33)24-15-35-26-7-4-16(2)8-23(24)26)25-11-17(5-6-22(19)25)18-9-20(29)13-21(30)10-18/h4-11,13-15H,3,12,29-30H2,1-2H3. The number of aromatic nitrogens is 1. The number of rotatable bonds is 5. The van der Waals surface area contributed by atoms with Crippen molar-refractivity contribution in [3.05, 3.63) is 82.9 Å². The first-order valence-corrected chi connectivity index (χ1v) is 12.2. The lowest BCUT2D eigenvalue weighted by molar-refractivity contribution is -0.142. The summed E-state index contributed by atoms with van der Waals surface area (Å²) >= 11 is 1.54. The molecule has 0 unspecified atom stereocenters. The number of aryl methyl sites for hydroxylation is 1. The van der Waals surface area contributed by atoms with Gasteiger partial charge in [-0.3, -0.25) is 14.2 Å². The maximum atomic E-state index is 13.8. The van der Waals surface area contributed by atoms with E-state index in [0.717, 1.165) is 37.7 Å². The average Bonchev–Trinajstić information content (AvgIpc) is 3.39. The number of carbonyl (C=O) groups excluding carboxylic acids is 2. The molecule has 176 valence electrons. The van der Waals surface area contributed by atoms with Gasteiger partial charge in [0.05, 0.1) is 24.1 Å². The molecule has 0 bridgehead atoms. The van der Waals surface area contributed by atoms with Crippen molar-refractivity contribution in [2.24, 2.45) is 0 Å². The fourth-order valence-corrected chi connectivity index (χ4v) is 5.35. The van der Waals surface area contributed by atoms with Crippen LogP contribution in [-0.2, 0) is 16.0 Å². The third kappa shape index (κ3) is 4.26. The van der Waals surface area contributed by atoms with Crippen molar-refractivity contribution >= 4 is 55.6 Å². The van der Waals surface area contributed by atoms with Crippen molar-refractivity contribution in [2.75, 3.05) is 18.1 Å². The number of anilines is 2. The Morgan fingerprint density at radius 1 is 0.943 bits per heavy atom. The molecular weight excluding hydrogens is 458 g/mol. The number of ether oxygens (including phenoxy) is 1. The summed E-state index contributed by atoms with van der Waals surface area (Å²) in [7, 11) is 0. The van der Waals surface area contributed by atoms with Crippen molar-refractivity contribution in [1.29, 1.82) is 0 Å². The lowest BCUT2D eigenvalue weighted by atomic mass is 10.0. The van der Waals surface area contributed by atoms with Gasteiger partial charge in [0.2, 0.25) is 0 Å². The molecule has 0 aliphatic rings. The Morgan fingerprint density at radius 2 is 1.71 bits per heavy atom. The fraction of sp³-hybridized carbons (Fsp3) is 0.143. The quantitative estimate of drug-likeness (QED) is 0.243. The van der Waals surface area contributed by atoms with Crippen molar-refractivity contribution in [1.82, 2.24) is 4.57 Å². The van der Waals surface area contributed by atoms with Gasteiger partial charge in [-0.1, -0.05) is 23.8 Å². The van der Waals surface area contributed by atoms with Gasteiger partial charge in [0.15, 0.2) is 0 Å². The largest absolute Gasteiger partial charge is 0.466 e. The first-order valence-electron chi connectivity index (χ1n) is 11.3. The van der Waals surface area contributed by atoms with Crippen LogP contribution in [0.4, 0.5) is 11.4 Å². The monoisotopic (exact) mass is 483 g/mol.